The summed E-state index contributed by atoms with van der Waals surface area (Å²) < 4.78 is 13.2. The number of hydrogen-bond donors (Lipinski definition) is 1. The Labute approximate surface area is 203 Å². The van der Waals surface area contributed by atoms with Crippen LogP contribution in [0.1, 0.15) is 41.2 Å². The molecule has 0 aliphatic carbocycles. The molecule has 2 aromatic heterocycles. The van der Waals surface area contributed by atoms with Gasteiger partial charge in [0, 0.05) is 22.5 Å². The first-order valence-electron chi connectivity index (χ1n) is 11.2. The summed E-state index contributed by atoms with van der Waals surface area (Å²) in [4.78, 5) is 17.6. The Morgan fingerprint density at radius 2 is 1.76 bits per heavy atom. The van der Waals surface area contributed by atoms with Crippen LogP contribution in [0.4, 0.5) is 5.69 Å². The predicted octanol–water partition coefficient (Wildman–Crippen LogP) is 6.02. The monoisotopic (exact) mass is 478 g/mol. The van der Waals surface area contributed by atoms with E-state index in [1.807, 2.05) is 65.0 Å². The number of anilines is 1. The van der Waals surface area contributed by atoms with Crippen LogP contribution < -0.4 is 14.8 Å². The molecule has 4 rings (SSSR count). The molecule has 2 heterocycles. The molecule has 0 fully saturated rings. The summed E-state index contributed by atoms with van der Waals surface area (Å²) in [5, 5.41) is 8.16. The van der Waals surface area contributed by atoms with E-state index in [2.05, 4.69) is 15.4 Å². The Hall–Kier alpha value is -3.58. The number of nitrogens with one attached hydrogen (secondary N) is 1. The highest BCUT2D eigenvalue weighted by atomic mass is 35.5. The lowest BCUT2D eigenvalue weighted by atomic mass is 10.1. The lowest BCUT2D eigenvalue weighted by molar-refractivity contribution is 0.102. The minimum atomic E-state index is -0.277. The predicted molar refractivity (Wildman–Crippen MR) is 134 cm³/mol. The van der Waals surface area contributed by atoms with Crippen LogP contribution in [0, 0.1) is 20.8 Å². The number of fused-ring (bicyclic) bond motifs is 1. The molecule has 0 saturated heterocycles. The van der Waals surface area contributed by atoms with Crippen LogP contribution >= 0.6 is 11.6 Å². The number of benzene rings is 2. The molecule has 0 saturated carbocycles. The zero-order valence-electron chi connectivity index (χ0n) is 19.9. The van der Waals surface area contributed by atoms with Gasteiger partial charge in [0.25, 0.3) is 5.91 Å². The maximum atomic E-state index is 13.0. The maximum absolute atomic E-state index is 13.0. The average Bonchev–Trinajstić information content (AvgIpc) is 3.15. The van der Waals surface area contributed by atoms with Crippen LogP contribution in [0.15, 0.2) is 42.6 Å². The fourth-order valence-corrected chi connectivity index (χ4v) is 4.02. The van der Waals surface area contributed by atoms with E-state index in [0.29, 0.717) is 52.3 Å². The summed E-state index contributed by atoms with van der Waals surface area (Å²) in [7, 11) is 0. The summed E-state index contributed by atoms with van der Waals surface area (Å²) in [6.07, 6.45) is 1.58. The van der Waals surface area contributed by atoms with E-state index < -0.39 is 0 Å². The molecule has 4 aromatic rings. The quantitative estimate of drug-likeness (QED) is 0.351. The third-order valence-corrected chi connectivity index (χ3v) is 5.97. The van der Waals surface area contributed by atoms with E-state index in [1.165, 1.54) is 0 Å². The summed E-state index contributed by atoms with van der Waals surface area (Å²) in [5.74, 6) is 1.09. The number of ether oxygens (including phenoxy) is 2. The normalized spacial score (nSPS) is 11.0. The zero-order valence-corrected chi connectivity index (χ0v) is 20.7. The average molecular weight is 479 g/mol. The molecule has 8 heteroatoms. The Kier molecular flexibility index (Phi) is 6.75. The van der Waals surface area contributed by atoms with Gasteiger partial charge in [-0.3, -0.25) is 4.79 Å². The Balaban J connectivity index is 1.73. The van der Waals surface area contributed by atoms with Gasteiger partial charge in [0.15, 0.2) is 17.1 Å². The topological polar surface area (TPSA) is 77.8 Å². The Morgan fingerprint density at radius 1 is 1.03 bits per heavy atom. The van der Waals surface area contributed by atoms with Gasteiger partial charge < -0.3 is 14.8 Å². The third-order valence-electron chi connectivity index (χ3n) is 5.57. The van der Waals surface area contributed by atoms with Gasteiger partial charge in [0.1, 0.15) is 0 Å². The first-order valence-corrected chi connectivity index (χ1v) is 11.5. The van der Waals surface area contributed by atoms with E-state index >= 15 is 0 Å². The second kappa shape index (κ2) is 9.73. The van der Waals surface area contributed by atoms with Crippen molar-refractivity contribution in [2.24, 2.45) is 0 Å². The number of halogens is 1. The molecule has 0 aliphatic rings. The lowest BCUT2D eigenvalue weighted by Gasteiger charge is -2.12. The van der Waals surface area contributed by atoms with Crippen LogP contribution in [0.2, 0.25) is 5.02 Å². The van der Waals surface area contributed by atoms with Gasteiger partial charge in [-0.1, -0.05) is 23.7 Å². The highest BCUT2D eigenvalue weighted by molar-refractivity contribution is 6.31. The van der Waals surface area contributed by atoms with Crippen LogP contribution in [0.25, 0.3) is 16.8 Å². The number of amides is 1. The molecule has 0 atom stereocenters. The molecule has 0 unspecified atom stereocenters. The minimum absolute atomic E-state index is 0.277. The fourth-order valence-electron chi connectivity index (χ4n) is 3.84. The number of nitrogens with zero attached hydrogens (tertiary/aromatic N) is 3. The Bertz CT molecular complexity index is 1380. The maximum Gasteiger partial charge on any atom is 0.259 e. The van der Waals surface area contributed by atoms with Crippen molar-refractivity contribution in [2.45, 2.75) is 34.6 Å². The molecule has 7 nitrogen and oxygen atoms in total. The molecule has 34 heavy (non-hydrogen) atoms. The molecule has 0 bridgehead atoms. The van der Waals surface area contributed by atoms with E-state index in [-0.39, 0.29) is 5.91 Å². The number of rotatable bonds is 7. The minimum Gasteiger partial charge on any atom is -0.490 e. The zero-order chi connectivity index (χ0) is 24.4. The van der Waals surface area contributed by atoms with Crippen molar-refractivity contribution in [3.05, 3.63) is 70.1 Å². The molecule has 1 amide bonds. The summed E-state index contributed by atoms with van der Waals surface area (Å²) in [5.41, 5.74) is 5.94. The largest absolute Gasteiger partial charge is 0.490 e. The van der Waals surface area contributed by atoms with Crippen molar-refractivity contribution in [2.75, 3.05) is 18.5 Å². The summed E-state index contributed by atoms with van der Waals surface area (Å²) >= 11 is 6.19. The molecule has 1 N–H and O–H groups in total. The van der Waals surface area contributed by atoms with Gasteiger partial charge in [-0.25, -0.2) is 9.50 Å². The van der Waals surface area contributed by atoms with Crippen molar-refractivity contribution in [3.63, 3.8) is 0 Å². The van der Waals surface area contributed by atoms with E-state index in [4.69, 9.17) is 21.1 Å². The first-order chi connectivity index (χ1) is 16.3. The van der Waals surface area contributed by atoms with Crippen LogP contribution in [0.5, 0.6) is 11.5 Å². The number of aromatic nitrogens is 3. The number of carbonyl (C=O) groups is 1. The van der Waals surface area contributed by atoms with Crippen molar-refractivity contribution in [1.29, 1.82) is 0 Å². The van der Waals surface area contributed by atoms with Crippen LogP contribution in [-0.4, -0.2) is 33.7 Å². The van der Waals surface area contributed by atoms with E-state index in [1.54, 1.807) is 16.8 Å². The standard InChI is InChI=1S/C26H27ClN4O3/c1-6-33-22-11-9-18(12-23(22)34-7-2)24-16(4)30-31-17(5)20(14-28-25(24)31)26(32)29-19-10-8-15(3)21(27)13-19/h8-14H,6-7H2,1-5H3,(H,29,32). The van der Waals surface area contributed by atoms with Crippen LogP contribution in [-0.2, 0) is 0 Å². The van der Waals surface area contributed by atoms with Gasteiger partial charge in [0.05, 0.1) is 30.2 Å². The van der Waals surface area contributed by atoms with Gasteiger partial charge >= 0.3 is 0 Å². The van der Waals surface area contributed by atoms with E-state index in [9.17, 15) is 4.79 Å². The molecule has 176 valence electrons. The highest BCUT2D eigenvalue weighted by Crippen LogP contribution is 2.36. The van der Waals surface area contributed by atoms with Crippen molar-refractivity contribution < 1.29 is 14.3 Å². The smallest absolute Gasteiger partial charge is 0.259 e. The van der Waals surface area contributed by atoms with Crippen LogP contribution in [0.3, 0.4) is 0 Å². The van der Waals surface area contributed by atoms with Crippen molar-refractivity contribution >= 4 is 28.8 Å². The Morgan fingerprint density at radius 3 is 2.47 bits per heavy atom. The number of hydrogen-bond acceptors (Lipinski definition) is 5. The third kappa shape index (κ3) is 4.43. The SMILES string of the molecule is CCOc1ccc(-c2c(C)nn3c(C)c(C(=O)Nc4ccc(C)c(Cl)c4)cnc23)cc1OCC. The molecule has 0 aliphatic heterocycles. The van der Waals surface area contributed by atoms with Gasteiger partial charge in [0.2, 0.25) is 0 Å². The summed E-state index contributed by atoms with van der Waals surface area (Å²) in [6, 6.07) is 11.2. The lowest BCUT2D eigenvalue weighted by Crippen LogP contribution is -2.16. The second-order valence-corrected chi connectivity index (χ2v) is 8.31. The van der Waals surface area contributed by atoms with Gasteiger partial charge in [-0.2, -0.15) is 5.10 Å². The molecule has 2 aromatic carbocycles. The van der Waals surface area contributed by atoms with Gasteiger partial charge in [-0.15, -0.1) is 0 Å². The molecular weight excluding hydrogens is 452 g/mol. The van der Waals surface area contributed by atoms with Crippen molar-refractivity contribution in [3.8, 4) is 22.6 Å². The number of aryl methyl sites for hydroxylation is 3. The number of carbonyl (C=O) groups excluding carboxylic acids is 1. The molecule has 0 spiro atoms. The van der Waals surface area contributed by atoms with E-state index in [0.717, 1.165) is 22.4 Å². The first kappa shape index (κ1) is 23.6. The highest BCUT2D eigenvalue weighted by Gasteiger charge is 2.20. The molecular formula is C26H27ClN4O3. The molecule has 0 radical (unpaired) electrons. The van der Waals surface area contributed by atoms with Crippen molar-refractivity contribution in [1.82, 2.24) is 14.6 Å². The fraction of sp³-hybridized carbons (Fsp3) is 0.269. The summed E-state index contributed by atoms with van der Waals surface area (Å²) in [6.45, 7) is 10.6. The van der Waals surface area contributed by atoms with Gasteiger partial charge in [-0.05, 0) is 70.0 Å². The second-order valence-electron chi connectivity index (χ2n) is 7.90.